The number of hydrogen-bond acceptors (Lipinski definition) is 5. The number of aromatic nitrogens is 2. The quantitative estimate of drug-likeness (QED) is 0.809. The lowest BCUT2D eigenvalue weighted by molar-refractivity contribution is 0.102. The number of piperidine rings is 1. The zero-order chi connectivity index (χ0) is 13.4. The molecule has 2 aromatic rings. The Morgan fingerprint density at radius 3 is 2.89 bits per heavy atom. The van der Waals surface area contributed by atoms with Gasteiger partial charge in [-0.1, -0.05) is 19.1 Å². The Bertz CT molecular complexity index is 601. The number of nitrogen functional groups attached to an aromatic ring is 1. The van der Waals surface area contributed by atoms with Gasteiger partial charge in [-0.3, -0.25) is 0 Å². The van der Waals surface area contributed by atoms with E-state index in [2.05, 4.69) is 16.9 Å². The zero-order valence-corrected chi connectivity index (χ0v) is 11.0. The second-order valence-corrected chi connectivity index (χ2v) is 5.21. The number of β-amino-alcohol motifs (C(OH)–C–C–N with tert-alkyl or cyclic N) is 1. The highest BCUT2D eigenvalue weighted by atomic mass is 16.3. The molecule has 3 rings (SSSR count). The minimum atomic E-state index is -0.329. The largest absolute Gasteiger partial charge is 0.391 e. The molecule has 0 aliphatic carbocycles. The predicted molar refractivity (Wildman–Crippen MR) is 76.0 cm³/mol. The van der Waals surface area contributed by atoms with Crippen molar-refractivity contribution in [1.82, 2.24) is 9.97 Å². The molecule has 5 nitrogen and oxygen atoms in total. The van der Waals surface area contributed by atoms with E-state index in [0.717, 1.165) is 23.9 Å². The van der Waals surface area contributed by atoms with Gasteiger partial charge in [-0.2, -0.15) is 4.98 Å². The van der Waals surface area contributed by atoms with Crippen molar-refractivity contribution in [2.45, 2.75) is 19.4 Å². The summed E-state index contributed by atoms with van der Waals surface area (Å²) < 4.78 is 0. The number of nitrogens with two attached hydrogens (primary N) is 1. The fraction of sp³-hybridized carbons (Fsp3) is 0.429. The molecule has 1 aliphatic rings. The third-order valence-electron chi connectivity index (χ3n) is 3.82. The summed E-state index contributed by atoms with van der Waals surface area (Å²) in [7, 11) is 0. The van der Waals surface area contributed by atoms with Gasteiger partial charge in [0.05, 0.1) is 11.6 Å². The second kappa shape index (κ2) is 4.66. The molecule has 1 saturated heterocycles. The Hall–Kier alpha value is -1.88. The first-order valence-electron chi connectivity index (χ1n) is 6.60. The highest BCUT2D eigenvalue weighted by Gasteiger charge is 2.26. The molecular weight excluding hydrogens is 240 g/mol. The lowest BCUT2D eigenvalue weighted by Crippen LogP contribution is -2.43. The van der Waals surface area contributed by atoms with Crippen molar-refractivity contribution in [2.24, 2.45) is 5.92 Å². The summed E-state index contributed by atoms with van der Waals surface area (Å²) in [5, 5.41) is 10.8. The topological polar surface area (TPSA) is 75.3 Å². The summed E-state index contributed by atoms with van der Waals surface area (Å²) in [5.74, 6) is 1.44. The van der Waals surface area contributed by atoms with Crippen LogP contribution in [0.5, 0.6) is 0 Å². The maximum absolute atomic E-state index is 9.96. The van der Waals surface area contributed by atoms with Crippen LogP contribution in [-0.4, -0.2) is 34.3 Å². The number of nitrogens with zero attached hydrogens (tertiary/aromatic N) is 3. The number of rotatable bonds is 1. The molecular formula is C14H18N4O. The number of hydrogen-bond donors (Lipinski definition) is 2. The Morgan fingerprint density at radius 2 is 2.11 bits per heavy atom. The third kappa shape index (κ3) is 2.21. The van der Waals surface area contributed by atoms with Gasteiger partial charge in [0.1, 0.15) is 5.82 Å². The Morgan fingerprint density at radius 1 is 1.32 bits per heavy atom. The molecule has 1 aromatic heterocycles. The summed E-state index contributed by atoms with van der Waals surface area (Å²) in [4.78, 5) is 10.9. The molecule has 0 saturated carbocycles. The molecule has 0 bridgehead atoms. The lowest BCUT2D eigenvalue weighted by atomic mass is 9.96. The predicted octanol–water partition coefficient (Wildman–Crippen LogP) is 1.42. The summed E-state index contributed by atoms with van der Waals surface area (Å²) in [5.41, 5.74) is 6.83. The van der Waals surface area contributed by atoms with Crippen molar-refractivity contribution in [3.05, 3.63) is 24.3 Å². The molecule has 1 aliphatic heterocycles. The van der Waals surface area contributed by atoms with E-state index < -0.39 is 0 Å². The van der Waals surface area contributed by atoms with E-state index in [0.29, 0.717) is 24.2 Å². The molecule has 2 atom stereocenters. The Balaban J connectivity index is 1.97. The van der Waals surface area contributed by atoms with Gasteiger partial charge in [-0.15, -0.1) is 0 Å². The fourth-order valence-corrected chi connectivity index (χ4v) is 2.46. The van der Waals surface area contributed by atoms with Crippen molar-refractivity contribution < 1.29 is 5.11 Å². The molecule has 0 spiro atoms. The minimum Gasteiger partial charge on any atom is -0.391 e. The van der Waals surface area contributed by atoms with Crippen LogP contribution in [0.4, 0.5) is 11.8 Å². The summed E-state index contributed by atoms with van der Waals surface area (Å²) in [6.07, 6.45) is 0.613. The van der Waals surface area contributed by atoms with E-state index in [9.17, 15) is 5.11 Å². The first kappa shape index (κ1) is 12.2. The van der Waals surface area contributed by atoms with Gasteiger partial charge in [0.2, 0.25) is 5.95 Å². The fourth-order valence-electron chi connectivity index (χ4n) is 2.46. The van der Waals surface area contributed by atoms with Crippen LogP contribution in [0.15, 0.2) is 24.3 Å². The number of anilines is 2. The van der Waals surface area contributed by atoms with E-state index >= 15 is 0 Å². The smallest absolute Gasteiger partial charge is 0.227 e. The van der Waals surface area contributed by atoms with E-state index in [4.69, 9.17) is 5.73 Å². The van der Waals surface area contributed by atoms with Crippen LogP contribution in [0.1, 0.15) is 13.3 Å². The first-order chi connectivity index (χ1) is 9.15. The maximum atomic E-state index is 9.96. The third-order valence-corrected chi connectivity index (χ3v) is 3.82. The first-order valence-corrected chi connectivity index (χ1v) is 6.60. The number of benzene rings is 1. The molecule has 3 N–H and O–H groups in total. The minimum absolute atomic E-state index is 0.328. The van der Waals surface area contributed by atoms with Crippen LogP contribution < -0.4 is 10.6 Å². The number of para-hydroxylation sites is 1. The normalized spacial score (nSPS) is 23.8. The lowest BCUT2D eigenvalue weighted by Gasteiger charge is -2.34. The van der Waals surface area contributed by atoms with Gasteiger partial charge in [0.25, 0.3) is 0 Å². The number of aliphatic hydroxyl groups is 1. The van der Waals surface area contributed by atoms with Crippen LogP contribution >= 0.6 is 0 Å². The van der Waals surface area contributed by atoms with Gasteiger partial charge >= 0.3 is 0 Å². The average Bonchev–Trinajstić information content (AvgIpc) is 2.42. The summed E-state index contributed by atoms with van der Waals surface area (Å²) in [6, 6.07) is 7.71. The molecule has 100 valence electrons. The van der Waals surface area contributed by atoms with E-state index in [1.165, 1.54) is 0 Å². The highest BCUT2D eigenvalue weighted by Crippen LogP contribution is 2.24. The molecule has 5 heteroatoms. The molecule has 2 heterocycles. The second-order valence-electron chi connectivity index (χ2n) is 5.21. The van der Waals surface area contributed by atoms with Crippen LogP contribution in [0.3, 0.4) is 0 Å². The highest BCUT2D eigenvalue weighted by molar-refractivity contribution is 5.88. The van der Waals surface area contributed by atoms with Gasteiger partial charge in [0, 0.05) is 18.5 Å². The SMILES string of the molecule is CC1CCN(c2nc(N)c3ccccc3n2)CC1O. The van der Waals surface area contributed by atoms with Gasteiger partial charge in [-0.05, 0) is 24.5 Å². The molecule has 0 radical (unpaired) electrons. The Labute approximate surface area is 112 Å². The Kier molecular flexibility index (Phi) is 2.98. The molecule has 1 aromatic carbocycles. The number of fused-ring (bicyclic) bond motifs is 1. The maximum Gasteiger partial charge on any atom is 0.227 e. The van der Waals surface area contributed by atoms with Gasteiger partial charge in [-0.25, -0.2) is 4.98 Å². The monoisotopic (exact) mass is 258 g/mol. The molecule has 1 fully saturated rings. The summed E-state index contributed by atoms with van der Waals surface area (Å²) in [6.45, 7) is 3.49. The van der Waals surface area contributed by atoms with Crippen molar-refractivity contribution >= 4 is 22.7 Å². The van der Waals surface area contributed by atoms with Crippen molar-refractivity contribution in [2.75, 3.05) is 23.7 Å². The van der Waals surface area contributed by atoms with Crippen LogP contribution in [0.2, 0.25) is 0 Å². The zero-order valence-electron chi connectivity index (χ0n) is 11.0. The molecule has 0 amide bonds. The van der Waals surface area contributed by atoms with E-state index in [1.54, 1.807) is 0 Å². The van der Waals surface area contributed by atoms with E-state index in [-0.39, 0.29) is 6.10 Å². The van der Waals surface area contributed by atoms with Crippen LogP contribution in [0.25, 0.3) is 10.9 Å². The van der Waals surface area contributed by atoms with E-state index in [1.807, 2.05) is 29.2 Å². The van der Waals surface area contributed by atoms with Crippen LogP contribution in [-0.2, 0) is 0 Å². The van der Waals surface area contributed by atoms with Crippen molar-refractivity contribution in [3.8, 4) is 0 Å². The average molecular weight is 258 g/mol. The van der Waals surface area contributed by atoms with Crippen molar-refractivity contribution in [3.63, 3.8) is 0 Å². The molecule has 2 unspecified atom stereocenters. The van der Waals surface area contributed by atoms with Gasteiger partial charge < -0.3 is 15.7 Å². The number of aliphatic hydroxyl groups excluding tert-OH is 1. The molecule has 19 heavy (non-hydrogen) atoms. The van der Waals surface area contributed by atoms with Crippen LogP contribution in [0, 0.1) is 5.92 Å². The van der Waals surface area contributed by atoms with Crippen molar-refractivity contribution in [1.29, 1.82) is 0 Å². The van der Waals surface area contributed by atoms with Gasteiger partial charge in [0.15, 0.2) is 0 Å². The summed E-state index contributed by atoms with van der Waals surface area (Å²) >= 11 is 0. The standard InChI is InChI=1S/C14H18N4O/c1-9-6-7-18(8-12(9)19)14-16-11-5-3-2-4-10(11)13(15)17-14/h2-5,9,12,19H,6-8H2,1H3,(H2,15,16,17).